The van der Waals surface area contributed by atoms with E-state index in [1.165, 1.54) is 17.0 Å². The lowest BCUT2D eigenvalue weighted by molar-refractivity contribution is -0.137. The van der Waals surface area contributed by atoms with Crippen LogP contribution in [0.25, 0.3) is 5.82 Å². The second kappa shape index (κ2) is 7.64. The zero-order chi connectivity index (χ0) is 22.5. The first-order chi connectivity index (χ1) is 14.6. The topological polar surface area (TPSA) is 63.9 Å². The maximum atomic E-state index is 13.2. The number of nitrogens with zero attached hydrogens (tertiary/aromatic N) is 5. The summed E-state index contributed by atoms with van der Waals surface area (Å²) in [5, 5.41) is 7.87. The van der Waals surface area contributed by atoms with Crippen molar-refractivity contribution >= 4 is 17.5 Å². The van der Waals surface area contributed by atoms with Crippen LogP contribution in [0.3, 0.4) is 0 Å². The number of aryl methyl sites for hydroxylation is 2. The van der Waals surface area contributed by atoms with Crippen molar-refractivity contribution in [3.63, 3.8) is 0 Å². The minimum Gasteiger partial charge on any atom is -0.330 e. The van der Waals surface area contributed by atoms with E-state index in [2.05, 4.69) is 15.3 Å². The number of rotatable bonds is 2. The third-order valence-electron chi connectivity index (χ3n) is 5.34. The van der Waals surface area contributed by atoms with Gasteiger partial charge in [0.15, 0.2) is 5.82 Å². The van der Waals surface area contributed by atoms with Gasteiger partial charge >= 0.3 is 6.18 Å². The fraction of sp³-hybridized carbons (Fsp3) is 0.333. The molecule has 0 saturated heterocycles. The molecule has 1 aliphatic heterocycles. The summed E-state index contributed by atoms with van der Waals surface area (Å²) in [6.45, 7) is 5.91. The molecule has 6 nitrogen and oxygen atoms in total. The van der Waals surface area contributed by atoms with E-state index in [1.54, 1.807) is 11.6 Å². The van der Waals surface area contributed by atoms with E-state index < -0.39 is 28.7 Å². The highest BCUT2D eigenvalue weighted by molar-refractivity contribution is 6.34. The summed E-state index contributed by atoms with van der Waals surface area (Å²) in [6.07, 6.45) is -4.21. The molecule has 0 aliphatic carbocycles. The van der Waals surface area contributed by atoms with Gasteiger partial charge in [0.1, 0.15) is 5.69 Å². The van der Waals surface area contributed by atoms with Gasteiger partial charge in [-0.1, -0.05) is 22.9 Å². The van der Waals surface area contributed by atoms with Crippen molar-refractivity contribution in [2.75, 3.05) is 6.54 Å². The quantitative estimate of drug-likeness (QED) is 0.568. The third kappa shape index (κ3) is 3.78. The number of amides is 1. The summed E-state index contributed by atoms with van der Waals surface area (Å²) in [5.41, 5.74) is 2.07. The van der Waals surface area contributed by atoms with Crippen LogP contribution >= 0.6 is 11.6 Å². The molecule has 1 aromatic carbocycles. The van der Waals surface area contributed by atoms with Crippen LogP contribution in [-0.2, 0) is 12.6 Å². The SMILES string of the molecule is Cc1cc(C)nc(-n2nnc3c2CCN(C(=O)c2cccc(C(F)(F)F)c2Cl)C3C)c1. The number of hydrogen-bond acceptors (Lipinski definition) is 4. The van der Waals surface area contributed by atoms with Crippen LogP contribution < -0.4 is 0 Å². The van der Waals surface area contributed by atoms with Gasteiger partial charge in [0.05, 0.1) is 27.9 Å². The molecule has 2 aromatic heterocycles. The molecule has 3 aromatic rings. The first-order valence-corrected chi connectivity index (χ1v) is 10.0. The molecule has 10 heteroatoms. The molecule has 31 heavy (non-hydrogen) atoms. The summed E-state index contributed by atoms with van der Waals surface area (Å²) in [7, 11) is 0. The van der Waals surface area contributed by atoms with Gasteiger partial charge in [-0.3, -0.25) is 4.79 Å². The van der Waals surface area contributed by atoms with Crippen molar-refractivity contribution < 1.29 is 18.0 Å². The molecule has 0 bridgehead atoms. The number of pyridine rings is 1. The van der Waals surface area contributed by atoms with E-state index in [9.17, 15) is 18.0 Å². The Labute approximate surface area is 181 Å². The Balaban J connectivity index is 1.67. The van der Waals surface area contributed by atoms with Crippen molar-refractivity contribution in [1.82, 2.24) is 24.9 Å². The smallest absolute Gasteiger partial charge is 0.330 e. The van der Waals surface area contributed by atoms with Crippen LogP contribution in [0.15, 0.2) is 30.3 Å². The van der Waals surface area contributed by atoms with E-state index in [0.717, 1.165) is 23.0 Å². The van der Waals surface area contributed by atoms with Gasteiger partial charge in [-0.05, 0) is 50.6 Å². The van der Waals surface area contributed by atoms with E-state index in [0.29, 0.717) is 17.9 Å². The van der Waals surface area contributed by atoms with E-state index in [-0.39, 0.29) is 12.1 Å². The maximum Gasteiger partial charge on any atom is 0.417 e. The minimum atomic E-state index is -4.64. The molecule has 3 heterocycles. The van der Waals surface area contributed by atoms with Crippen LogP contribution in [0.1, 0.15) is 51.5 Å². The Morgan fingerprint density at radius 2 is 1.97 bits per heavy atom. The number of carbonyl (C=O) groups is 1. The van der Waals surface area contributed by atoms with Crippen LogP contribution in [0.2, 0.25) is 5.02 Å². The van der Waals surface area contributed by atoms with Gasteiger partial charge in [0, 0.05) is 18.7 Å². The molecule has 0 radical (unpaired) electrons. The molecule has 1 unspecified atom stereocenters. The lowest BCUT2D eigenvalue weighted by Crippen LogP contribution is -2.39. The van der Waals surface area contributed by atoms with E-state index >= 15 is 0 Å². The lowest BCUT2D eigenvalue weighted by atomic mass is 10.0. The Morgan fingerprint density at radius 1 is 1.23 bits per heavy atom. The van der Waals surface area contributed by atoms with Gasteiger partial charge in [0.25, 0.3) is 5.91 Å². The van der Waals surface area contributed by atoms with Crippen molar-refractivity contribution in [2.24, 2.45) is 0 Å². The van der Waals surface area contributed by atoms with Gasteiger partial charge in [-0.2, -0.15) is 17.9 Å². The normalized spacial score (nSPS) is 16.4. The molecular formula is C21H19ClF3N5O. The number of benzene rings is 1. The number of fused-ring (bicyclic) bond motifs is 1. The molecule has 0 fully saturated rings. The second-order valence-corrected chi connectivity index (χ2v) is 7.94. The summed E-state index contributed by atoms with van der Waals surface area (Å²) >= 11 is 5.96. The highest BCUT2D eigenvalue weighted by atomic mass is 35.5. The Hall–Kier alpha value is -2.94. The number of hydrogen-bond donors (Lipinski definition) is 0. The average molecular weight is 450 g/mol. The van der Waals surface area contributed by atoms with Gasteiger partial charge in [-0.15, -0.1) is 5.10 Å². The molecule has 1 atom stereocenters. The van der Waals surface area contributed by atoms with Crippen molar-refractivity contribution in [3.05, 3.63) is 69.1 Å². The van der Waals surface area contributed by atoms with Crippen molar-refractivity contribution in [2.45, 2.75) is 39.4 Å². The first kappa shape index (κ1) is 21.3. The third-order valence-corrected chi connectivity index (χ3v) is 5.75. The Morgan fingerprint density at radius 3 is 2.65 bits per heavy atom. The monoisotopic (exact) mass is 449 g/mol. The first-order valence-electron chi connectivity index (χ1n) is 9.64. The van der Waals surface area contributed by atoms with Crippen LogP contribution in [0.4, 0.5) is 13.2 Å². The lowest BCUT2D eigenvalue weighted by Gasteiger charge is -2.33. The highest BCUT2D eigenvalue weighted by Gasteiger charge is 2.37. The fourth-order valence-electron chi connectivity index (χ4n) is 3.90. The predicted molar refractivity (Wildman–Crippen MR) is 108 cm³/mol. The highest BCUT2D eigenvalue weighted by Crippen LogP contribution is 2.38. The number of aromatic nitrogens is 4. The average Bonchev–Trinajstić information content (AvgIpc) is 3.11. The summed E-state index contributed by atoms with van der Waals surface area (Å²) in [4.78, 5) is 19.1. The molecule has 0 N–H and O–H groups in total. The van der Waals surface area contributed by atoms with Gasteiger partial charge < -0.3 is 4.90 Å². The Bertz CT molecular complexity index is 1150. The molecule has 0 spiro atoms. The van der Waals surface area contributed by atoms with Crippen LogP contribution in [0.5, 0.6) is 0 Å². The van der Waals surface area contributed by atoms with Crippen LogP contribution in [0, 0.1) is 13.8 Å². The molecule has 1 amide bonds. The van der Waals surface area contributed by atoms with E-state index in [4.69, 9.17) is 11.6 Å². The Kier molecular flexibility index (Phi) is 5.25. The zero-order valence-corrected chi connectivity index (χ0v) is 17.8. The van der Waals surface area contributed by atoms with Crippen LogP contribution in [-0.4, -0.2) is 37.3 Å². The van der Waals surface area contributed by atoms with Crippen molar-refractivity contribution in [1.29, 1.82) is 0 Å². The largest absolute Gasteiger partial charge is 0.417 e. The number of alkyl halides is 3. The molecule has 1 aliphatic rings. The summed E-state index contributed by atoms with van der Waals surface area (Å²) in [6, 6.07) is 6.71. The van der Waals surface area contributed by atoms with Gasteiger partial charge in [0.2, 0.25) is 0 Å². The zero-order valence-electron chi connectivity index (χ0n) is 17.0. The minimum absolute atomic E-state index is 0.185. The molecular weight excluding hydrogens is 431 g/mol. The molecule has 0 saturated carbocycles. The molecule has 162 valence electrons. The van der Waals surface area contributed by atoms with Crippen molar-refractivity contribution in [3.8, 4) is 5.82 Å². The summed E-state index contributed by atoms with van der Waals surface area (Å²) < 4.78 is 41.2. The number of halogens is 4. The fourth-order valence-corrected chi connectivity index (χ4v) is 4.21. The maximum absolute atomic E-state index is 13.2. The second-order valence-electron chi connectivity index (χ2n) is 7.57. The molecule has 4 rings (SSSR count). The number of carbonyl (C=O) groups excluding carboxylic acids is 1. The standard InChI is InChI=1S/C21H19ClF3N5O/c1-11-9-12(2)26-17(10-11)30-16-7-8-29(13(3)19(16)27-28-30)20(31)14-5-4-6-15(18(14)22)21(23,24)25/h4-6,9-10,13H,7-8H2,1-3H3. The summed E-state index contributed by atoms with van der Waals surface area (Å²) in [5.74, 6) is 0.0625. The predicted octanol–water partition coefficient (Wildman–Crippen LogP) is 4.71. The van der Waals surface area contributed by atoms with Gasteiger partial charge in [-0.25, -0.2) is 4.98 Å². The van der Waals surface area contributed by atoms with E-state index in [1.807, 2.05) is 26.0 Å².